The summed E-state index contributed by atoms with van der Waals surface area (Å²) in [5, 5.41) is 9.53. The van der Waals surface area contributed by atoms with E-state index < -0.39 is 5.43 Å². The number of benzene rings is 1. The van der Waals surface area contributed by atoms with Crippen LogP contribution >= 0.6 is 0 Å². The Balaban J connectivity index is 2.10. The minimum absolute atomic E-state index is 0.277. The van der Waals surface area contributed by atoms with Gasteiger partial charge < -0.3 is 5.11 Å². The number of aromatic hydroxyl groups is 1. The Hall–Kier alpha value is -2.82. The van der Waals surface area contributed by atoms with Crippen molar-refractivity contribution in [3.8, 4) is 5.75 Å². The number of carbonyl (C=O) groups is 1. The second kappa shape index (κ2) is 6.09. The molecule has 1 heterocycles. The van der Waals surface area contributed by atoms with Crippen LogP contribution in [0.15, 0.2) is 47.4 Å². The van der Waals surface area contributed by atoms with Gasteiger partial charge in [0.15, 0.2) is 5.75 Å². The number of aromatic nitrogens is 1. The van der Waals surface area contributed by atoms with Crippen LogP contribution in [-0.2, 0) is 4.79 Å². The van der Waals surface area contributed by atoms with Gasteiger partial charge >= 0.3 is 0 Å². The van der Waals surface area contributed by atoms with Crippen molar-refractivity contribution in [2.75, 3.05) is 5.43 Å². The van der Waals surface area contributed by atoms with Crippen molar-refractivity contribution < 1.29 is 9.90 Å². The highest BCUT2D eigenvalue weighted by Gasteiger charge is 2.06. The molecule has 0 bridgehead atoms. The fourth-order valence-corrected chi connectivity index (χ4v) is 1.75. The average molecular weight is 284 g/mol. The standard InChI is InChI=1S/C16H16N2O3/c1-11-3-5-13(6-4-11)7-8-15(20)17-18-10-9-14(19)16(21)12(18)2/h3-10,21H,1-2H3,(H,17,20)/b8-7+. The molecular formula is C16H16N2O3. The van der Waals surface area contributed by atoms with Gasteiger partial charge in [-0.1, -0.05) is 29.8 Å². The summed E-state index contributed by atoms with van der Waals surface area (Å²) in [5.74, 6) is -0.734. The predicted octanol–water partition coefficient (Wildman–Crippen LogP) is 1.95. The molecule has 0 aliphatic carbocycles. The number of amides is 1. The number of nitrogens with zero attached hydrogens (tertiary/aromatic N) is 1. The Morgan fingerprint density at radius 3 is 2.52 bits per heavy atom. The minimum Gasteiger partial charge on any atom is -0.503 e. The van der Waals surface area contributed by atoms with Crippen LogP contribution in [0.5, 0.6) is 5.75 Å². The monoisotopic (exact) mass is 284 g/mol. The summed E-state index contributed by atoms with van der Waals surface area (Å²) in [6.07, 6.45) is 4.47. The van der Waals surface area contributed by atoms with Gasteiger partial charge in [0, 0.05) is 18.3 Å². The summed E-state index contributed by atoms with van der Waals surface area (Å²) in [6, 6.07) is 8.93. The van der Waals surface area contributed by atoms with Crippen LogP contribution in [0.2, 0.25) is 0 Å². The highest BCUT2D eigenvalue weighted by atomic mass is 16.3. The second-order valence-electron chi connectivity index (χ2n) is 4.70. The van der Waals surface area contributed by atoms with Crippen LogP contribution in [0, 0.1) is 13.8 Å². The fourth-order valence-electron chi connectivity index (χ4n) is 1.75. The van der Waals surface area contributed by atoms with E-state index in [0.29, 0.717) is 0 Å². The first kappa shape index (κ1) is 14.6. The lowest BCUT2D eigenvalue weighted by Crippen LogP contribution is -2.24. The lowest BCUT2D eigenvalue weighted by molar-refractivity contribution is -0.112. The van der Waals surface area contributed by atoms with E-state index in [-0.39, 0.29) is 17.4 Å². The zero-order valence-electron chi connectivity index (χ0n) is 11.8. The zero-order chi connectivity index (χ0) is 15.4. The van der Waals surface area contributed by atoms with E-state index in [1.54, 1.807) is 13.0 Å². The van der Waals surface area contributed by atoms with Crippen LogP contribution in [0.25, 0.3) is 6.08 Å². The lowest BCUT2D eigenvalue weighted by atomic mass is 10.1. The number of hydrogen-bond acceptors (Lipinski definition) is 3. The van der Waals surface area contributed by atoms with Crippen molar-refractivity contribution >= 4 is 12.0 Å². The molecule has 0 unspecified atom stereocenters. The van der Waals surface area contributed by atoms with Gasteiger partial charge in [-0.15, -0.1) is 0 Å². The Bertz CT molecular complexity index is 743. The van der Waals surface area contributed by atoms with E-state index in [4.69, 9.17) is 0 Å². The first-order chi connectivity index (χ1) is 9.97. The van der Waals surface area contributed by atoms with Crippen LogP contribution in [0.1, 0.15) is 16.8 Å². The molecular weight excluding hydrogens is 268 g/mol. The third kappa shape index (κ3) is 3.60. The maximum Gasteiger partial charge on any atom is 0.262 e. The van der Waals surface area contributed by atoms with Gasteiger partial charge in [0.25, 0.3) is 5.91 Å². The molecule has 1 aromatic heterocycles. The highest BCUT2D eigenvalue weighted by molar-refractivity contribution is 5.97. The number of pyridine rings is 1. The summed E-state index contributed by atoms with van der Waals surface area (Å²) in [4.78, 5) is 23.0. The number of rotatable bonds is 3. The maximum atomic E-state index is 11.8. The summed E-state index contributed by atoms with van der Waals surface area (Å²) in [6.45, 7) is 3.53. The average Bonchev–Trinajstić information content (AvgIpc) is 2.47. The zero-order valence-corrected chi connectivity index (χ0v) is 11.8. The van der Waals surface area contributed by atoms with Crippen molar-refractivity contribution in [3.63, 3.8) is 0 Å². The number of aryl methyl sites for hydroxylation is 1. The first-order valence-corrected chi connectivity index (χ1v) is 6.44. The van der Waals surface area contributed by atoms with E-state index >= 15 is 0 Å². The second-order valence-corrected chi connectivity index (χ2v) is 4.70. The molecule has 0 fully saturated rings. The molecule has 2 aromatic rings. The van der Waals surface area contributed by atoms with Crippen molar-refractivity contribution in [2.24, 2.45) is 0 Å². The molecule has 5 nitrogen and oxygen atoms in total. The van der Waals surface area contributed by atoms with Gasteiger partial charge in [-0.2, -0.15) is 0 Å². The molecule has 0 atom stereocenters. The molecule has 2 N–H and O–H groups in total. The summed E-state index contributed by atoms with van der Waals surface area (Å²) < 4.78 is 1.30. The van der Waals surface area contributed by atoms with E-state index in [1.165, 1.54) is 23.0 Å². The largest absolute Gasteiger partial charge is 0.503 e. The molecule has 108 valence electrons. The lowest BCUT2D eigenvalue weighted by Gasteiger charge is -2.11. The molecule has 0 aliphatic heterocycles. The normalized spacial score (nSPS) is 10.8. The first-order valence-electron chi connectivity index (χ1n) is 6.44. The van der Waals surface area contributed by atoms with Crippen LogP contribution < -0.4 is 10.9 Å². The molecule has 0 radical (unpaired) electrons. The van der Waals surface area contributed by atoms with Gasteiger partial charge in [0.05, 0.1) is 5.69 Å². The molecule has 1 amide bonds. The Morgan fingerprint density at radius 1 is 1.19 bits per heavy atom. The predicted molar refractivity (Wildman–Crippen MR) is 81.7 cm³/mol. The Morgan fingerprint density at radius 2 is 1.86 bits per heavy atom. The smallest absolute Gasteiger partial charge is 0.262 e. The molecule has 0 saturated carbocycles. The molecule has 5 heteroatoms. The van der Waals surface area contributed by atoms with Crippen molar-refractivity contribution in [1.29, 1.82) is 0 Å². The van der Waals surface area contributed by atoms with Crippen molar-refractivity contribution in [2.45, 2.75) is 13.8 Å². The van der Waals surface area contributed by atoms with Crippen LogP contribution in [-0.4, -0.2) is 15.7 Å². The topological polar surface area (TPSA) is 71.3 Å². The Kier molecular flexibility index (Phi) is 4.23. The number of hydrogen-bond donors (Lipinski definition) is 2. The van der Waals surface area contributed by atoms with Gasteiger partial charge in [-0.05, 0) is 25.5 Å². The molecule has 0 saturated heterocycles. The molecule has 0 aliphatic rings. The van der Waals surface area contributed by atoms with Crippen LogP contribution in [0.3, 0.4) is 0 Å². The van der Waals surface area contributed by atoms with Gasteiger partial charge in [-0.3, -0.25) is 19.7 Å². The van der Waals surface area contributed by atoms with Crippen molar-refractivity contribution in [1.82, 2.24) is 4.68 Å². The highest BCUT2D eigenvalue weighted by Crippen LogP contribution is 2.08. The SMILES string of the molecule is Cc1ccc(/C=C/C(=O)Nn2ccc(=O)c(O)c2C)cc1. The number of nitrogens with one attached hydrogen (secondary N) is 1. The van der Waals surface area contributed by atoms with E-state index in [2.05, 4.69) is 5.43 Å². The van der Waals surface area contributed by atoms with Gasteiger partial charge in [-0.25, -0.2) is 0 Å². The molecule has 1 aromatic carbocycles. The summed E-state index contributed by atoms with van der Waals surface area (Å²) in [5.41, 5.74) is 4.41. The van der Waals surface area contributed by atoms with Gasteiger partial charge in [0.1, 0.15) is 0 Å². The molecule has 2 rings (SSSR count). The van der Waals surface area contributed by atoms with Crippen LogP contribution in [0.4, 0.5) is 0 Å². The quantitative estimate of drug-likeness (QED) is 0.846. The third-order valence-corrected chi connectivity index (χ3v) is 3.05. The maximum absolute atomic E-state index is 11.8. The van der Waals surface area contributed by atoms with Gasteiger partial charge in [0.2, 0.25) is 5.43 Å². The molecule has 0 spiro atoms. The molecule has 21 heavy (non-hydrogen) atoms. The van der Waals surface area contributed by atoms with E-state index in [9.17, 15) is 14.7 Å². The third-order valence-electron chi connectivity index (χ3n) is 3.05. The van der Waals surface area contributed by atoms with E-state index in [1.807, 2.05) is 31.2 Å². The van der Waals surface area contributed by atoms with Crippen molar-refractivity contribution in [3.05, 3.63) is 69.6 Å². The number of carbonyl (C=O) groups excluding carboxylic acids is 1. The summed E-state index contributed by atoms with van der Waals surface area (Å²) in [7, 11) is 0. The van der Waals surface area contributed by atoms with E-state index in [0.717, 1.165) is 11.1 Å². The summed E-state index contributed by atoms with van der Waals surface area (Å²) >= 11 is 0. The minimum atomic E-state index is -0.479. The fraction of sp³-hybridized carbons (Fsp3) is 0.125. The Labute approximate surface area is 122 Å².